The van der Waals surface area contributed by atoms with Gasteiger partial charge in [0.05, 0.1) is 11.3 Å². The number of halogens is 4. The first-order valence-corrected chi connectivity index (χ1v) is 9.87. The van der Waals surface area contributed by atoms with Gasteiger partial charge < -0.3 is 10.4 Å². The van der Waals surface area contributed by atoms with E-state index in [9.17, 15) is 27.5 Å². The van der Waals surface area contributed by atoms with Gasteiger partial charge in [0.2, 0.25) is 5.96 Å². The molecule has 0 bridgehead atoms. The molecule has 0 saturated heterocycles. The first-order valence-electron chi connectivity index (χ1n) is 9.87. The molecule has 0 aliphatic heterocycles. The quantitative estimate of drug-likeness (QED) is 0.248. The predicted molar refractivity (Wildman–Crippen MR) is 115 cm³/mol. The van der Waals surface area contributed by atoms with E-state index in [1.807, 2.05) is 13.8 Å². The van der Waals surface area contributed by atoms with Crippen molar-refractivity contribution in [3.63, 3.8) is 0 Å². The number of nitrogens with zero attached hydrogens (tertiary/aromatic N) is 2. The molecule has 33 heavy (non-hydrogen) atoms. The Labute approximate surface area is 186 Å². The lowest BCUT2D eigenvalue weighted by molar-refractivity contribution is -0.137. The molecular formula is C22H21F4N5O2. The number of aromatic nitrogens is 2. The molecule has 0 radical (unpaired) electrons. The number of alkyl halides is 3. The molecule has 1 aromatic heterocycles. The van der Waals surface area contributed by atoms with Crippen LogP contribution >= 0.6 is 0 Å². The van der Waals surface area contributed by atoms with Crippen molar-refractivity contribution in [3.8, 4) is 17.0 Å². The van der Waals surface area contributed by atoms with Gasteiger partial charge in [0.15, 0.2) is 17.4 Å². The summed E-state index contributed by atoms with van der Waals surface area (Å²) in [5.41, 5.74) is 0.0268. The van der Waals surface area contributed by atoms with Crippen molar-refractivity contribution in [3.05, 3.63) is 65.5 Å². The van der Waals surface area contributed by atoms with Crippen LogP contribution < -0.4 is 10.6 Å². The Kier molecular flexibility index (Phi) is 7.00. The number of amides is 1. The van der Waals surface area contributed by atoms with Crippen LogP contribution in [0.25, 0.3) is 11.3 Å². The summed E-state index contributed by atoms with van der Waals surface area (Å²) in [6.45, 7) is 4.20. The highest BCUT2D eigenvalue weighted by Gasteiger charge is 2.30. The minimum Gasteiger partial charge on any atom is -0.505 e. The minimum atomic E-state index is -4.50. The highest BCUT2D eigenvalue weighted by molar-refractivity contribution is 6.09. The predicted octanol–water partition coefficient (Wildman–Crippen LogP) is 4.79. The summed E-state index contributed by atoms with van der Waals surface area (Å²) in [7, 11) is 0. The number of nitrogens with one attached hydrogen (secondary N) is 3. The molecule has 11 heteroatoms. The lowest BCUT2D eigenvalue weighted by atomic mass is 10.1. The van der Waals surface area contributed by atoms with Gasteiger partial charge in [0.25, 0.3) is 5.91 Å². The summed E-state index contributed by atoms with van der Waals surface area (Å²) in [5.74, 6) is -1.46. The second kappa shape index (κ2) is 9.72. The van der Waals surface area contributed by atoms with Crippen molar-refractivity contribution in [1.29, 1.82) is 0 Å². The summed E-state index contributed by atoms with van der Waals surface area (Å²) in [6.07, 6.45) is -4.50. The number of carbonyl (C=O) groups excluding carboxylic acids is 1. The molecule has 0 fully saturated rings. The number of aromatic amines is 1. The van der Waals surface area contributed by atoms with E-state index < -0.39 is 29.2 Å². The van der Waals surface area contributed by atoms with Crippen molar-refractivity contribution < 1.29 is 27.5 Å². The first kappa shape index (κ1) is 23.8. The van der Waals surface area contributed by atoms with Crippen LogP contribution in [-0.4, -0.2) is 33.7 Å². The topological polar surface area (TPSA) is 102 Å². The van der Waals surface area contributed by atoms with E-state index in [4.69, 9.17) is 0 Å². The summed E-state index contributed by atoms with van der Waals surface area (Å²) >= 11 is 0. The van der Waals surface area contributed by atoms with E-state index in [-0.39, 0.29) is 23.3 Å². The zero-order valence-corrected chi connectivity index (χ0v) is 17.7. The Bertz CT molecular complexity index is 1150. The summed E-state index contributed by atoms with van der Waals surface area (Å²) in [4.78, 5) is 16.8. The summed E-state index contributed by atoms with van der Waals surface area (Å²) < 4.78 is 51.9. The van der Waals surface area contributed by atoms with Crippen LogP contribution in [0.2, 0.25) is 0 Å². The number of phenols is 1. The fourth-order valence-electron chi connectivity index (χ4n) is 2.70. The van der Waals surface area contributed by atoms with Crippen LogP contribution in [0, 0.1) is 11.7 Å². The lowest BCUT2D eigenvalue weighted by Crippen LogP contribution is -2.36. The second-order valence-corrected chi connectivity index (χ2v) is 7.57. The molecule has 3 rings (SSSR count). The molecule has 0 atom stereocenters. The fraction of sp³-hybridized carbons (Fsp3) is 0.227. The van der Waals surface area contributed by atoms with E-state index in [1.54, 1.807) is 6.07 Å². The number of phenolic OH excluding ortho intramolecular Hbond substituents is 1. The van der Waals surface area contributed by atoms with Gasteiger partial charge in [-0.1, -0.05) is 13.8 Å². The van der Waals surface area contributed by atoms with Gasteiger partial charge in [-0.2, -0.15) is 18.3 Å². The lowest BCUT2D eigenvalue weighted by Gasteiger charge is -2.11. The average Bonchev–Trinajstić information content (AvgIpc) is 3.22. The zero-order chi connectivity index (χ0) is 24.2. The molecule has 4 N–H and O–H groups in total. The maximum absolute atomic E-state index is 13.6. The standard InChI is InChI=1S/C22H21F4N5O2/c1-12(2)11-27-21(29-20(33)13-3-6-15(7-4-13)22(24,25)26)28-19-10-17(30-31-19)14-5-8-18(32)16(23)9-14/h3-10,12,32H,11H2,1-2H3,(H3,27,28,29,30,31,33). The number of carbonyl (C=O) groups is 1. The van der Waals surface area contributed by atoms with Crippen molar-refractivity contribution in [1.82, 2.24) is 15.5 Å². The number of aromatic hydroxyl groups is 1. The first-order chi connectivity index (χ1) is 15.5. The number of benzene rings is 2. The Balaban J connectivity index is 1.76. The molecule has 0 aliphatic rings. The minimum absolute atomic E-state index is 0.0179. The van der Waals surface area contributed by atoms with Crippen LogP contribution in [0.3, 0.4) is 0 Å². The molecule has 0 unspecified atom stereocenters. The van der Waals surface area contributed by atoms with Gasteiger partial charge in [0.1, 0.15) is 0 Å². The van der Waals surface area contributed by atoms with Crippen LogP contribution in [0.1, 0.15) is 29.8 Å². The normalized spacial score (nSPS) is 12.2. The summed E-state index contributed by atoms with van der Waals surface area (Å²) in [6, 6.07) is 9.17. The number of anilines is 1. The van der Waals surface area contributed by atoms with Crippen LogP contribution in [-0.2, 0) is 6.18 Å². The van der Waals surface area contributed by atoms with Gasteiger partial charge in [-0.25, -0.2) is 4.39 Å². The maximum atomic E-state index is 13.6. The third kappa shape index (κ3) is 6.31. The van der Waals surface area contributed by atoms with Crippen molar-refractivity contribution in [2.24, 2.45) is 10.9 Å². The smallest absolute Gasteiger partial charge is 0.416 e. The highest BCUT2D eigenvalue weighted by atomic mass is 19.4. The molecule has 174 valence electrons. The monoisotopic (exact) mass is 463 g/mol. The SMILES string of the molecule is CC(C)CN=C(NC(=O)c1ccc(C(F)(F)F)cc1)Nc1cc(-c2ccc(O)c(F)c2)[nH]n1. The number of guanidine groups is 1. The van der Waals surface area contributed by atoms with Crippen LogP contribution in [0.5, 0.6) is 5.75 Å². The maximum Gasteiger partial charge on any atom is 0.416 e. The zero-order valence-electron chi connectivity index (χ0n) is 17.7. The van der Waals surface area contributed by atoms with Gasteiger partial charge in [-0.15, -0.1) is 0 Å². The highest BCUT2D eigenvalue weighted by Crippen LogP contribution is 2.29. The van der Waals surface area contributed by atoms with E-state index in [2.05, 4.69) is 25.8 Å². The van der Waals surface area contributed by atoms with E-state index in [1.165, 1.54) is 12.1 Å². The average molecular weight is 463 g/mol. The van der Waals surface area contributed by atoms with Gasteiger partial charge in [-0.3, -0.25) is 20.2 Å². The molecule has 1 heterocycles. The van der Waals surface area contributed by atoms with Gasteiger partial charge in [0, 0.05) is 23.7 Å². The second-order valence-electron chi connectivity index (χ2n) is 7.57. The Morgan fingerprint density at radius 3 is 2.45 bits per heavy atom. The van der Waals surface area contributed by atoms with E-state index >= 15 is 0 Å². The van der Waals surface area contributed by atoms with Crippen LogP contribution in [0.4, 0.5) is 23.4 Å². The molecule has 0 spiro atoms. The van der Waals surface area contributed by atoms with Gasteiger partial charge >= 0.3 is 6.18 Å². The molecule has 1 amide bonds. The number of hydrogen-bond donors (Lipinski definition) is 4. The van der Waals surface area contributed by atoms with E-state index in [0.717, 1.165) is 30.3 Å². The largest absolute Gasteiger partial charge is 0.505 e. The molecule has 7 nitrogen and oxygen atoms in total. The van der Waals surface area contributed by atoms with Crippen molar-refractivity contribution >= 4 is 17.7 Å². The Morgan fingerprint density at radius 1 is 1.15 bits per heavy atom. The van der Waals surface area contributed by atoms with Crippen molar-refractivity contribution in [2.75, 3.05) is 11.9 Å². The third-order valence-electron chi connectivity index (χ3n) is 4.40. The summed E-state index contributed by atoms with van der Waals surface area (Å²) in [5, 5.41) is 21.5. The number of H-pyrrole nitrogens is 1. The molecule has 3 aromatic rings. The number of rotatable bonds is 5. The Hall–Kier alpha value is -3.89. The molecule has 0 aliphatic carbocycles. The van der Waals surface area contributed by atoms with Crippen LogP contribution in [0.15, 0.2) is 53.5 Å². The Morgan fingerprint density at radius 2 is 1.85 bits per heavy atom. The van der Waals surface area contributed by atoms with Gasteiger partial charge in [-0.05, 0) is 48.4 Å². The third-order valence-corrected chi connectivity index (χ3v) is 4.40. The van der Waals surface area contributed by atoms with Crippen molar-refractivity contribution in [2.45, 2.75) is 20.0 Å². The molecule has 0 saturated carbocycles. The molecule has 2 aromatic carbocycles. The number of aliphatic imine (C=N–C) groups is 1. The fourth-order valence-corrected chi connectivity index (χ4v) is 2.70. The van der Waals surface area contributed by atoms with E-state index in [0.29, 0.717) is 17.8 Å². The molecular weight excluding hydrogens is 442 g/mol. The number of hydrogen-bond acceptors (Lipinski definition) is 4.